The van der Waals surface area contributed by atoms with Gasteiger partial charge in [-0.2, -0.15) is 5.10 Å². The maximum Gasteiger partial charge on any atom is 0.0850 e. The third-order valence-electron chi connectivity index (χ3n) is 3.25. The van der Waals surface area contributed by atoms with Gasteiger partial charge < -0.3 is 5.73 Å². The van der Waals surface area contributed by atoms with Crippen LogP contribution < -0.4 is 5.73 Å². The van der Waals surface area contributed by atoms with Gasteiger partial charge in [0, 0.05) is 23.6 Å². The molecule has 0 bridgehead atoms. The highest BCUT2D eigenvalue weighted by Gasteiger charge is 2.19. The molecule has 0 fully saturated rings. The molecule has 2 rings (SSSR count). The van der Waals surface area contributed by atoms with E-state index in [4.69, 9.17) is 17.3 Å². The molecule has 0 spiro atoms. The number of hydrogen-bond donors (Lipinski definition) is 1. The van der Waals surface area contributed by atoms with Crippen LogP contribution in [-0.2, 0) is 19.4 Å². The highest BCUT2D eigenvalue weighted by molar-refractivity contribution is 9.10. The van der Waals surface area contributed by atoms with Crippen molar-refractivity contribution >= 4 is 27.5 Å². The average Bonchev–Trinajstić information content (AvgIpc) is 2.75. The predicted octanol–water partition coefficient (Wildman–Crippen LogP) is 3.52. The molecule has 0 aliphatic heterocycles. The van der Waals surface area contributed by atoms with Gasteiger partial charge in [-0.25, -0.2) is 0 Å². The lowest BCUT2D eigenvalue weighted by Crippen LogP contribution is -2.18. The number of nitrogens with zero attached hydrogens (tertiary/aromatic N) is 3. The highest BCUT2D eigenvalue weighted by atomic mass is 79.9. The summed E-state index contributed by atoms with van der Waals surface area (Å²) in [6.07, 6.45) is 3.19. The normalized spacial score (nSPS) is 12.7. The van der Waals surface area contributed by atoms with Crippen LogP contribution in [0.5, 0.6) is 0 Å². The standard InChI is InChI=1S/C14H18BrClN4/c1-3-11-13(16)12(20(4-2)19-11)8-10(17)14-9(15)6-5-7-18-14/h5-7,10H,3-4,8,17H2,1-2H3. The van der Waals surface area contributed by atoms with E-state index in [0.29, 0.717) is 6.42 Å². The van der Waals surface area contributed by atoms with E-state index in [-0.39, 0.29) is 6.04 Å². The summed E-state index contributed by atoms with van der Waals surface area (Å²) in [4.78, 5) is 4.34. The molecular weight excluding hydrogens is 340 g/mol. The molecule has 2 aromatic rings. The van der Waals surface area contributed by atoms with E-state index in [9.17, 15) is 0 Å². The molecule has 20 heavy (non-hydrogen) atoms. The third-order valence-corrected chi connectivity index (χ3v) is 4.35. The van der Waals surface area contributed by atoms with Gasteiger partial charge in [0.05, 0.1) is 28.1 Å². The fourth-order valence-corrected chi connectivity index (χ4v) is 3.08. The van der Waals surface area contributed by atoms with Gasteiger partial charge in [-0.05, 0) is 41.4 Å². The molecule has 1 atom stereocenters. The van der Waals surface area contributed by atoms with Crippen molar-refractivity contribution < 1.29 is 0 Å². The molecule has 1 unspecified atom stereocenters. The van der Waals surface area contributed by atoms with Crippen molar-refractivity contribution in [3.63, 3.8) is 0 Å². The first-order chi connectivity index (χ1) is 9.58. The Kier molecular flexibility index (Phi) is 5.18. The van der Waals surface area contributed by atoms with Gasteiger partial charge in [-0.3, -0.25) is 9.67 Å². The van der Waals surface area contributed by atoms with Crippen LogP contribution in [0.4, 0.5) is 0 Å². The summed E-state index contributed by atoms with van der Waals surface area (Å²) in [5.74, 6) is 0. The minimum absolute atomic E-state index is 0.213. The summed E-state index contributed by atoms with van der Waals surface area (Å²) >= 11 is 9.89. The first-order valence-corrected chi connectivity index (χ1v) is 7.85. The number of rotatable bonds is 5. The van der Waals surface area contributed by atoms with Crippen molar-refractivity contribution in [3.8, 4) is 0 Å². The molecule has 2 aromatic heterocycles. The Morgan fingerprint density at radius 2 is 2.20 bits per heavy atom. The van der Waals surface area contributed by atoms with Crippen LogP contribution in [-0.4, -0.2) is 14.8 Å². The zero-order valence-corrected chi connectivity index (χ0v) is 13.9. The van der Waals surface area contributed by atoms with Crippen molar-refractivity contribution in [3.05, 3.63) is 44.9 Å². The van der Waals surface area contributed by atoms with Crippen LogP contribution in [0.1, 0.15) is 37.0 Å². The van der Waals surface area contributed by atoms with Crippen LogP contribution in [0.25, 0.3) is 0 Å². The van der Waals surface area contributed by atoms with E-state index in [1.165, 1.54) is 0 Å². The minimum Gasteiger partial charge on any atom is -0.322 e. The van der Waals surface area contributed by atoms with Crippen LogP contribution in [0.3, 0.4) is 0 Å². The van der Waals surface area contributed by atoms with Gasteiger partial charge in [0.2, 0.25) is 0 Å². The van der Waals surface area contributed by atoms with Crippen molar-refractivity contribution in [2.75, 3.05) is 0 Å². The fourth-order valence-electron chi connectivity index (χ4n) is 2.19. The van der Waals surface area contributed by atoms with Crippen LogP contribution in [0.2, 0.25) is 5.02 Å². The topological polar surface area (TPSA) is 56.7 Å². The summed E-state index contributed by atoms with van der Waals surface area (Å²) in [7, 11) is 0. The zero-order valence-electron chi connectivity index (χ0n) is 11.6. The van der Waals surface area contributed by atoms with Gasteiger partial charge in [0.25, 0.3) is 0 Å². The molecular formula is C14H18BrClN4. The lowest BCUT2D eigenvalue weighted by atomic mass is 10.1. The molecule has 0 aromatic carbocycles. The monoisotopic (exact) mass is 356 g/mol. The molecule has 0 saturated carbocycles. The summed E-state index contributed by atoms with van der Waals surface area (Å²) in [6, 6.07) is 3.60. The molecule has 0 radical (unpaired) electrons. The molecule has 0 aliphatic carbocycles. The number of aryl methyl sites for hydroxylation is 2. The van der Waals surface area contributed by atoms with Crippen LogP contribution in [0.15, 0.2) is 22.8 Å². The minimum atomic E-state index is -0.213. The SMILES string of the molecule is CCc1nn(CC)c(CC(N)c2ncccc2Br)c1Cl. The second-order valence-electron chi connectivity index (χ2n) is 4.56. The maximum absolute atomic E-state index is 6.41. The van der Waals surface area contributed by atoms with Gasteiger partial charge in [0.1, 0.15) is 0 Å². The molecule has 0 aliphatic rings. The summed E-state index contributed by atoms with van der Waals surface area (Å²) in [5, 5.41) is 5.25. The lowest BCUT2D eigenvalue weighted by Gasteiger charge is -2.14. The number of halogens is 2. The first kappa shape index (κ1) is 15.5. The Morgan fingerprint density at radius 3 is 2.80 bits per heavy atom. The van der Waals surface area contributed by atoms with Crippen molar-refractivity contribution in [1.82, 2.24) is 14.8 Å². The van der Waals surface area contributed by atoms with E-state index >= 15 is 0 Å². The van der Waals surface area contributed by atoms with Gasteiger partial charge in [0.15, 0.2) is 0 Å². The Bertz CT molecular complexity index is 597. The molecule has 0 amide bonds. The van der Waals surface area contributed by atoms with Gasteiger partial charge in [-0.1, -0.05) is 18.5 Å². The number of aromatic nitrogens is 3. The second kappa shape index (κ2) is 6.70. The Balaban J connectivity index is 2.30. The number of hydrogen-bond acceptors (Lipinski definition) is 3. The Morgan fingerprint density at radius 1 is 1.45 bits per heavy atom. The van der Waals surface area contributed by atoms with Crippen molar-refractivity contribution in [1.29, 1.82) is 0 Å². The summed E-state index contributed by atoms with van der Waals surface area (Å²) in [6.45, 7) is 4.88. The van der Waals surface area contributed by atoms with Gasteiger partial charge in [-0.15, -0.1) is 0 Å². The third kappa shape index (κ3) is 3.05. The second-order valence-corrected chi connectivity index (χ2v) is 5.79. The smallest absolute Gasteiger partial charge is 0.0850 e. The Labute approximate surface area is 132 Å². The van der Waals surface area contributed by atoms with E-state index in [2.05, 4.69) is 32.9 Å². The van der Waals surface area contributed by atoms with Crippen molar-refractivity contribution in [2.24, 2.45) is 5.73 Å². The summed E-state index contributed by atoms with van der Waals surface area (Å²) in [5.41, 5.74) is 9.03. The van der Waals surface area contributed by atoms with E-state index < -0.39 is 0 Å². The molecule has 0 saturated heterocycles. The molecule has 108 valence electrons. The predicted molar refractivity (Wildman–Crippen MR) is 84.9 cm³/mol. The Hall–Kier alpha value is -0.910. The van der Waals surface area contributed by atoms with E-state index in [1.54, 1.807) is 6.20 Å². The van der Waals surface area contributed by atoms with Gasteiger partial charge >= 0.3 is 0 Å². The fraction of sp³-hybridized carbons (Fsp3) is 0.429. The molecule has 4 nitrogen and oxygen atoms in total. The first-order valence-electron chi connectivity index (χ1n) is 6.68. The molecule has 2 N–H and O–H groups in total. The van der Waals surface area contributed by atoms with Crippen LogP contribution in [0, 0.1) is 0 Å². The van der Waals surface area contributed by atoms with Crippen LogP contribution >= 0.6 is 27.5 Å². The lowest BCUT2D eigenvalue weighted by molar-refractivity contribution is 0.579. The van der Waals surface area contributed by atoms with Crippen molar-refractivity contribution in [2.45, 2.75) is 39.3 Å². The van der Waals surface area contributed by atoms with E-state index in [0.717, 1.165) is 39.5 Å². The average molecular weight is 358 g/mol. The largest absolute Gasteiger partial charge is 0.322 e. The summed E-state index contributed by atoms with van der Waals surface area (Å²) < 4.78 is 2.85. The van der Waals surface area contributed by atoms with E-state index in [1.807, 2.05) is 23.7 Å². The zero-order chi connectivity index (χ0) is 14.7. The highest BCUT2D eigenvalue weighted by Crippen LogP contribution is 2.27. The molecule has 6 heteroatoms. The maximum atomic E-state index is 6.41. The molecule has 2 heterocycles. The number of nitrogens with two attached hydrogens (primary N) is 1. The quantitative estimate of drug-likeness (QED) is 0.890. The number of pyridine rings is 1.